The number of aryl methyl sites for hydroxylation is 2. The molecule has 0 bridgehead atoms. The van der Waals surface area contributed by atoms with Gasteiger partial charge in [0.1, 0.15) is 0 Å². The molecule has 1 aromatic heterocycles. The normalized spacial score (nSPS) is 15.5. The van der Waals surface area contributed by atoms with Gasteiger partial charge in [-0.15, -0.1) is 35.3 Å². The van der Waals surface area contributed by atoms with Gasteiger partial charge >= 0.3 is 5.97 Å². The summed E-state index contributed by atoms with van der Waals surface area (Å²) in [5.41, 5.74) is 1.12. The van der Waals surface area contributed by atoms with Crippen LogP contribution < -0.4 is 5.32 Å². The van der Waals surface area contributed by atoms with Crippen LogP contribution >= 0.6 is 35.3 Å². The third kappa shape index (κ3) is 7.38. The van der Waals surface area contributed by atoms with E-state index in [1.807, 2.05) is 20.9 Å². The fourth-order valence-electron chi connectivity index (χ4n) is 3.04. The van der Waals surface area contributed by atoms with Gasteiger partial charge in [-0.2, -0.15) is 0 Å². The number of thiazole rings is 1. The molecule has 6 nitrogen and oxygen atoms in total. The lowest BCUT2D eigenvalue weighted by Crippen LogP contribution is -2.46. The van der Waals surface area contributed by atoms with Crippen molar-refractivity contribution in [1.29, 1.82) is 0 Å². The smallest absolute Gasteiger partial charge is 0.309 e. The third-order valence-corrected chi connectivity index (χ3v) is 5.42. The number of esters is 1. The van der Waals surface area contributed by atoms with Crippen LogP contribution in [0.5, 0.6) is 0 Å². The minimum absolute atomic E-state index is 0. The fraction of sp³-hybridized carbons (Fsp3) is 0.722. The molecule has 0 aromatic carbocycles. The number of nitrogens with one attached hydrogen (secondary N) is 1. The standard InChI is InChI=1S/C18H30N4O2S.HI/c1-4-24-17(23)15-8-11-22(12-9-15)18(19-3)20-10-6-5-7-16-21-14(2)13-25-16;/h13,15H,4-12H2,1-3H3,(H,19,20);1H. The van der Waals surface area contributed by atoms with Crippen molar-refractivity contribution in [2.75, 3.05) is 33.3 Å². The maximum absolute atomic E-state index is 11.8. The molecule has 0 spiro atoms. The summed E-state index contributed by atoms with van der Waals surface area (Å²) in [6.45, 7) is 6.96. The number of likely N-dealkylation sites (tertiary alicyclic amines) is 1. The summed E-state index contributed by atoms with van der Waals surface area (Å²) < 4.78 is 5.13. The lowest BCUT2D eigenvalue weighted by atomic mass is 9.97. The van der Waals surface area contributed by atoms with Crippen molar-refractivity contribution in [2.24, 2.45) is 10.9 Å². The molecule has 2 rings (SSSR count). The highest BCUT2D eigenvalue weighted by atomic mass is 127. The first kappa shape index (κ1) is 23.1. The van der Waals surface area contributed by atoms with Crippen LogP contribution in [0.1, 0.15) is 43.3 Å². The first-order chi connectivity index (χ1) is 12.1. The Balaban J connectivity index is 0.00000338. The average Bonchev–Trinajstić information content (AvgIpc) is 3.04. The number of rotatable bonds is 7. The first-order valence-corrected chi connectivity index (χ1v) is 10.0. The van der Waals surface area contributed by atoms with Crippen molar-refractivity contribution in [3.05, 3.63) is 16.1 Å². The Bertz CT molecular complexity index is 571. The molecule has 1 fully saturated rings. The highest BCUT2D eigenvalue weighted by Gasteiger charge is 2.27. The Morgan fingerprint density at radius 2 is 2.15 bits per heavy atom. The number of carbonyl (C=O) groups excluding carboxylic acids is 1. The predicted molar refractivity (Wildman–Crippen MR) is 117 cm³/mol. The number of hydrogen-bond donors (Lipinski definition) is 1. The zero-order chi connectivity index (χ0) is 18.1. The number of aromatic nitrogens is 1. The topological polar surface area (TPSA) is 66.8 Å². The molecule has 0 unspecified atom stereocenters. The Kier molecular flexibility index (Phi) is 11.1. The van der Waals surface area contributed by atoms with Gasteiger partial charge in [0.15, 0.2) is 5.96 Å². The van der Waals surface area contributed by atoms with Gasteiger partial charge < -0.3 is 15.0 Å². The van der Waals surface area contributed by atoms with Gasteiger partial charge in [-0.25, -0.2) is 4.98 Å². The van der Waals surface area contributed by atoms with E-state index in [0.717, 1.165) is 63.4 Å². The fourth-order valence-corrected chi connectivity index (χ4v) is 3.86. The summed E-state index contributed by atoms with van der Waals surface area (Å²) in [7, 11) is 1.82. The molecule has 1 aromatic rings. The molecule has 0 amide bonds. The second-order valence-electron chi connectivity index (χ2n) is 6.33. The maximum Gasteiger partial charge on any atom is 0.309 e. The summed E-state index contributed by atoms with van der Waals surface area (Å²) >= 11 is 1.75. The molecule has 0 radical (unpaired) electrons. The number of aliphatic imine (C=N–C) groups is 1. The van der Waals surface area contributed by atoms with Crippen LogP contribution in [0.15, 0.2) is 10.4 Å². The van der Waals surface area contributed by atoms with Gasteiger partial charge in [0.05, 0.1) is 17.5 Å². The van der Waals surface area contributed by atoms with Crippen LogP contribution in [0.2, 0.25) is 0 Å². The van der Waals surface area contributed by atoms with E-state index < -0.39 is 0 Å². The van der Waals surface area contributed by atoms with Crippen molar-refractivity contribution in [3.63, 3.8) is 0 Å². The lowest BCUT2D eigenvalue weighted by Gasteiger charge is -2.33. The summed E-state index contributed by atoms with van der Waals surface area (Å²) in [5, 5.41) is 6.77. The van der Waals surface area contributed by atoms with E-state index in [9.17, 15) is 4.79 Å². The van der Waals surface area contributed by atoms with E-state index in [1.54, 1.807) is 11.3 Å². The molecular weight excluding hydrogens is 463 g/mol. The number of nitrogens with zero attached hydrogens (tertiary/aromatic N) is 3. The Labute approximate surface area is 177 Å². The summed E-state index contributed by atoms with van der Waals surface area (Å²) in [6.07, 6.45) is 4.94. The second kappa shape index (κ2) is 12.5. The Hall–Kier alpha value is -0.900. The van der Waals surface area contributed by atoms with Gasteiger partial charge in [0.2, 0.25) is 0 Å². The monoisotopic (exact) mass is 494 g/mol. The lowest BCUT2D eigenvalue weighted by molar-refractivity contribution is -0.149. The van der Waals surface area contributed by atoms with Gasteiger partial charge in [-0.05, 0) is 46.0 Å². The van der Waals surface area contributed by atoms with E-state index in [1.165, 1.54) is 5.01 Å². The predicted octanol–water partition coefficient (Wildman–Crippen LogP) is 3.24. The zero-order valence-electron chi connectivity index (χ0n) is 16.0. The van der Waals surface area contributed by atoms with E-state index >= 15 is 0 Å². The van der Waals surface area contributed by atoms with Crippen LogP contribution in [0, 0.1) is 12.8 Å². The summed E-state index contributed by atoms with van der Waals surface area (Å²) in [4.78, 5) is 22.9. The molecule has 0 saturated carbocycles. The van der Waals surface area contributed by atoms with Crippen LogP contribution in [0.3, 0.4) is 0 Å². The van der Waals surface area contributed by atoms with Crippen LogP contribution in [-0.4, -0.2) is 55.1 Å². The van der Waals surface area contributed by atoms with Gasteiger partial charge in [0.25, 0.3) is 0 Å². The molecule has 26 heavy (non-hydrogen) atoms. The van der Waals surface area contributed by atoms with E-state index in [4.69, 9.17) is 4.74 Å². The van der Waals surface area contributed by atoms with E-state index in [0.29, 0.717) is 6.61 Å². The average molecular weight is 494 g/mol. The number of hydrogen-bond acceptors (Lipinski definition) is 5. The summed E-state index contributed by atoms with van der Waals surface area (Å²) in [6, 6.07) is 0. The van der Waals surface area contributed by atoms with E-state index in [-0.39, 0.29) is 35.9 Å². The highest BCUT2D eigenvalue weighted by Crippen LogP contribution is 2.18. The number of halogens is 1. The molecule has 148 valence electrons. The number of ether oxygens (including phenoxy) is 1. The molecule has 2 heterocycles. The number of guanidine groups is 1. The molecule has 0 aliphatic carbocycles. The van der Waals surface area contributed by atoms with Gasteiger partial charge in [0, 0.05) is 37.8 Å². The molecule has 1 aliphatic heterocycles. The SMILES string of the molecule is CCOC(=O)C1CCN(C(=NC)NCCCCc2nc(C)cs2)CC1.I. The number of carbonyl (C=O) groups is 1. The molecule has 1 saturated heterocycles. The Morgan fingerprint density at radius 1 is 1.42 bits per heavy atom. The number of piperidine rings is 1. The van der Waals surface area contributed by atoms with Crippen molar-refractivity contribution >= 4 is 47.2 Å². The molecule has 1 N–H and O–H groups in total. The van der Waals surface area contributed by atoms with Gasteiger partial charge in [-0.1, -0.05) is 0 Å². The highest BCUT2D eigenvalue weighted by molar-refractivity contribution is 14.0. The minimum atomic E-state index is -0.0532. The summed E-state index contributed by atoms with van der Waals surface area (Å²) in [5.74, 6) is 0.922. The van der Waals surface area contributed by atoms with E-state index in [2.05, 4.69) is 25.6 Å². The minimum Gasteiger partial charge on any atom is -0.466 e. The zero-order valence-corrected chi connectivity index (χ0v) is 19.1. The van der Waals surface area contributed by atoms with Crippen molar-refractivity contribution in [3.8, 4) is 0 Å². The van der Waals surface area contributed by atoms with Crippen molar-refractivity contribution < 1.29 is 9.53 Å². The molecule has 1 aliphatic rings. The Morgan fingerprint density at radius 3 is 2.73 bits per heavy atom. The first-order valence-electron chi connectivity index (χ1n) is 9.17. The van der Waals surface area contributed by atoms with Crippen LogP contribution in [0.4, 0.5) is 0 Å². The third-order valence-electron chi connectivity index (χ3n) is 4.39. The van der Waals surface area contributed by atoms with Crippen molar-refractivity contribution in [2.45, 2.75) is 46.0 Å². The largest absolute Gasteiger partial charge is 0.466 e. The molecule has 8 heteroatoms. The van der Waals surface area contributed by atoms with Crippen LogP contribution in [-0.2, 0) is 16.0 Å². The van der Waals surface area contributed by atoms with Crippen molar-refractivity contribution in [1.82, 2.24) is 15.2 Å². The molecular formula is C18H31IN4O2S. The number of unbranched alkanes of at least 4 members (excludes halogenated alkanes) is 1. The maximum atomic E-state index is 11.8. The van der Waals surface area contributed by atoms with Gasteiger partial charge in [-0.3, -0.25) is 9.79 Å². The second-order valence-corrected chi connectivity index (χ2v) is 7.27. The van der Waals surface area contributed by atoms with Crippen LogP contribution in [0.25, 0.3) is 0 Å². The quantitative estimate of drug-likeness (QED) is 0.207. The molecule has 0 atom stereocenters.